The predicted octanol–water partition coefficient (Wildman–Crippen LogP) is 3.34. The zero-order valence-electron chi connectivity index (χ0n) is 18.7. The van der Waals surface area contributed by atoms with Crippen LogP contribution in [0.3, 0.4) is 0 Å². The molecule has 10 heteroatoms. The molecule has 0 spiro atoms. The van der Waals surface area contributed by atoms with Gasteiger partial charge in [0.05, 0.1) is 20.3 Å². The number of rotatable bonds is 6. The number of hydrogen-bond donors (Lipinski definition) is 1. The second-order valence-electron chi connectivity index (χ2n) is 7.48. The molecule has 33 heavy (non-hydrogen) atoms. The van der Waals surface area contributed by atoms with Gasteiger partial charge in [0.1, 0.15) is 17.4 Å². The summed E-state index contributed by atoms with van der Waals surface area (Å²) in [5.74, 6) is 0.232. The number of morpholine rings is 1. The highest BCUT2D eigenvalue weighted by Gasteiger charge is 2.19. The normalized spacial score (nSPS) is 14.1. The van der Waals surface area contributed by atoms with Crippen molar-refractivity contribution < 1.29 is 14.3 Å². The smallest absolute Gasteiger partial charge is 0.268 e. The third-order valence-corrected chi connectivity index (χ3v) is 6.26. The van der Waals surface area contributed by atoms with Crippen LogP contribution in [0.4, 0.5) is 10.3 Å². The molecule has 1 fully saturated rings. The lowest BCUT2D eigenvalue weighted by Gasteiger charge is -2.25. The van der Waals surface area contributed by atoms with E-state index in [9.17, 15) is 10.1 Å². The monoisotopic (exact) mass is 464 g/mol. The van der Waals surface area contributed by atoms with E-state index in [1.165, 1.54) is 11.3 Å². The molecule has 0 radical (unpaired) electrons. The fraction of sp³-hybridized carbons (Fsp3) is 0.304. The molecule has 0 aliphatic carbocycles. The van der Waals surface area contributed by atoms with Crippen molar-refractivity contribution in [3.05, 3.63) is 52.9 Å². The third-order valence-electron chi connectivity index (χ3n) is 5.36. The highest BCUT2D eigenvalue weighted by molar-refractivity contribution is 7.19. The molecule has 9 nitrogen and oxygen atoms in total. The average molecular weight is 465 g/mol. The molecule has 1 N–H and O–H groups in total. The molecule has 3 aromatic rings. The van der Waals surface area contributed by atoms with Gasteiger partial charge in [-0.2, -0.15) is 5.26 Å². The first kappa shape index (κ1) is 22.5. The van der Waals surface area contributed by atoms with Crippen molar-refractivity contribution in [2.24, 2.45) is 0 Å². The standard InChI is InChI=1S/C23H24N6O3S/c1-15-11-17(16(2)29(15)19-5-4-6-20(13-19)31-3)12-18(14-24)21(30)25-22-26-27-23(33-22)28-7-9-32-10-8-28/h4-6,11-13H,7-10H2,1-3H3,(H,25,26,30)/b18-12-. The van der Waals surface area contributed by atoms with Crippen LogP contribution in [-0.2, 0) is 9.53 Å². The summed E-state index contributed by atoms with van der Waals surface area (Å²) >= 11 is 1.28. The molecule has 0 unspecified atom stereocenters. The third kappa shape index (κ3) is 4.89. The van der Waals surface area contributed by atoms with Gasteiger partial charge in [-0.25, -0.2) is 0 Å². The Hall–Kier alpha value is -3.68. The molecule has 0 atom stereocenters. The zero-order chi connectivity index (χ0) is 23.4. The minimum atomic E-state index is -0.520. The van der Waals surface area contributed by atoms with Gasteiger partial charge in [0.25, 0.3) is 5.91 Å². The van der Waals surface area contributed by atoms with E-state index in [4.69, 9.17) is 9.47 Å². The summed E-state index contributed by atoms with van der Waals surface area (Å²) in [6, 6.07) is 11.7. The van der Waals surface area contributed by atoms with Crippen LogP contribution in [0.15, 0.2) is 35.9 Å². The summed E-state index contributed by atoms with van der Waals surface area (Å²) in [6.07, 6.45) is 1.60. The number of methoxy groups -OCH3 is 1. The number of anilines is 2. The highest BCUT2D eigenvalue weighted by Crippen LogP contribution is 2.27. The predicted molar refractivity (Wildman–Crippen MR) is 127 cm³/mol. The molecule has 1 aromatic carbocycles. The number of ether oxygens (including phenoxy) is 2. The number of aryl methyl sites for hydroxylation is 1. The van der Waals surface area contributed by atoms with Crippen LogP contribution >= 0.6 is 11.3 Å². The maximum atomic E-state index is 12.8. The van der Waals surface area contributed by atoms with Gasteiger partial charge in [0.2, 0.25) is 10.3 Å². The first-order chi connectivity index (χ1) is 16.0. The Kier molecular flexibility index (Phi) is 6.72. The van der Waals surface area contributed by atoms with Gasteiger partial charge < -0.3 is 18.9 Å². The Balaban J connectivity index is 1.55. The summed E-state index contributed by atoms with van der Waals surface area (Å²) in [6.45, 7) is 6.66. The van der Waals surface area contributed by atoms with Crippen LogP contribution in [0.2, 0.25) is 0 Å². The van der Waals surface area contributed by atoms with Crippen molar-refractivity contribution in [3.8, 4) is 17.5 Å². The van der Waals surface area contributed by atoms with Crippen LogP contribution < -0.4 is 15.0 Å². The van der Waals surface area contributed by atoms with E-state index in [2.05, 4.69) is 25.0 Å². The lowest BCUT2D eigenvalue weighted by atomic mass is 10.1. The number of carbonyl (C=O) groups is 1. The van der Waals surface area contributed by atoms with Crippen LogP contribution in [0.1, 0.15) is 17.0 Å². The second kappa shape index (κ2) is 9.85. The summed E-state index contributed by atoms with van der Waals surface area (Å²) in [7, 11) is 1.63. The van der Waals surface area contributed by atoms with Crippen LogP contribution in [0, 0.1) is 25.2 Å². The Morgan fingerprint density at radius 2 is 2.06 bits per heavy atom. The number of carbonyl (C=O) groups excluding carboxylic acids is 1. The summed E-state index contributed by atoms with van der Waals surface area (Å²) < 4.78 is 12.7. The number of benzene rings is 1. The molecule has 0 bridgehead atoms. The van der Waals surface area contributed by atoms with Gasteiger partial charge >= 0.3 is 0 Å². The van der Waals surface area contributed by atoms with Gasteiger partial charge in [-0.1, -0.05) is 17.4 Å². The number of amides is 1. The SMILES string of the molecule is COc1cccc(-n2c(C)cc(/C=C(/C#N)C(=O)Nc3nnc(N4CCOCC4)s3)c2C)c1. The molecule has 4 rings (SSSR count). The van der Waals surface area contributed by atoms with Gasteiger partial charge in [-0.15, -0.1) is 10.2 Å². The number of hydrogen-bond acceptors (Lipinski definition) is 8. The van der Waals surface area contributed by atoms with E-state index >= 15 is 0 Å². The van der Waals surface area contributed by atoms with E-state index < -0.39 is 5.91 Å². The number of aromatic nitrogens is 3. The topological polar surface area (TPSA) is 105 Å². The fourth-order valence-electron chi connectivity index (χ4n) is 3.70. The van der Waals surface area contributed by atoms with E-state index in [1.54, 1.807) is 13.2 Å². The number of nitriles is 1. The van der Waals surface area contributed by atoms with Gasteiger partial charge in [-0.05, 0) is 43.7 Å². The summed E-state index contributed by atoms with van der Waals surface area (Å²) in [5.41, 5.74) is 3.60. The van der Waals surface area contributed by atoms with Gasteiger partial charge in [0, 0.05) is 36.2 Å². The van der Waals surface area contributed by atoms with Crippen molar-refractivity contribution in [1.29, 1.82) is 5.26 Å². The molecule has 2 aromatic heterocycles. The first-order valence-corrected chi connectivity index (χ1v) is 11.2. The maximum absolute atomic E-state index is 12.8. The van der Waals surface area contributed by atoms with E-state index in [0.29, 0.717) is 18.3 Å². The Labute approximate surface area is 195 Å². The molecule has 1 amide bonds. The number of nitrogens with one attached hydrogen (secondary N) is 1. The molecule has 1 aliphatic heterocycles. The molecule has 1 aliphatic rings. The molecular weight excluding hydrogens is 440 g/mol. The molecule has 1 saturated heterocycles. The van der Waals surface area contributed by atoms with Crippen LogP contribution in [0.25, 0.3) is 11.8 Å². The Morgan fingerprint density at radius 3 is 2.79 bits per heavy atom. The van der Waals surface area contributed by atoms with Gasteiger partial charge in [-0.3, -0.25) is 10.1 Å². The largest absolute Gasteiger partial charge is 0.497 e. The minimum Gasteiger partial charge on any atom is -0.497 e. The van der Waals surface area contributed by atoms with Crippen molar-refractivity contribution in [2.45, 2.75) is 13.8 Å². The lowest BCUT2D eigenvalue weighted by molar-refractivity contribution is -0.112. The van der Waals surface area contributed by atoms with E-state index in [-0.39, 0.29) is 5.57 Å². The summed E-state index contributed by atoms with van der Waals surface area (Å²) in [4.78, 5) is 14.8. The maximum Gasteiger partial charge on any atom is 0.268 e. The quantitative estimate of drug-likeness (QED) is 0.441. The van der Waals surface area contributed by atoms with Crippen molar-refractivity contribution in [2.75, 3.05) is 43.6 Å². The van der Waals surface area contributed by atoms with Crippen LogP contribution in [0.5, 0.6) is 5.75 Å². The summed E-state index contributed by atoms with van der Waals surface area (Å²) in [5, 5.41) is 21.6. The molecular formula is C23H24N6O3S. The molecule has 0 saturated carbocycles. The van der Waals surface area contributed by atoms with Gasteiger partial charge in [0.15, 0.2) is 0 Å². The lowest BCUT2D eigenvalue weighted by Crippen LogP contribution is -2.36. The van der Waals surface area contributed by atoms with Crippen LogP contribution in [-0.4, -0.2) is 54.1 Å². The van der Waals surface area contributed by atoms with E-state index in [0.717, 1.165) is 46.6 Å². The fourth-order valence-corrected chi connectivity index (χ4v) is 4.49. The second-order valence-corrected chi connectivity index (χ2v) is 8.43. The van der Waals surface area contributed by atoms with Crippen molar-refractivity contribution >= 4 is 33.6 Å². The minimum absolute atomic E-state index is 0.0102. The van der Waals surface area contributed by atoms with Crippen molar-refractivity contribution in [3.63, 3.8) is 0 Å². The molecule has 170 valence electrons. The first-order valence-electron chi connectivity index (χ1n) is 10.4. The van der Waals surface area contributed by atoms with E-state index in [1.807, 2.05) is 50.2 Å². The zero-order valence-corrected chi connectivity index (χ0v) is 19.5. The Bertz CT molecular complexity index is 1230. The highest BCUT2D eigenvalue weighted by atomic mass is 32.1. The Morgan fingerprint density at radius 1 is 1.27 bits per heavy atom. The number of nitrogens with zero attached hydrogens (tertiary/aromatic N) is 5. The average Bonchev–Trinajstić information content (AvgIpc) is 3.41. The van der Waals surface area contributed by atoms with Crippen molar-refractivity contribution in [1.82, 2.24) is 14.8 Å². The molecule has 3 heterocycles.